The SMILES string of the molecule is [CH2]C(O)C#CC(C)O. The van der Waals surface area contributed by atoms with Gasteiger partial charge in [0, 0.05) is 0 Å². The van der Waals surface area contributed by atoms with Crippen LogP contribution < -0.4 is 0 Å². The Hall–Kier alpha value is -0.520. The van der Waals surface area contributed by atoms with E-state index in [4.69, 9.17) is 10.2 Å². The van der Waals surface area contributed by atoms with Crippen LogP contribution in [0, 0.1) is 18.8 Å². The van der Waals surface area contributed by atoms with Crippen LogP contribution in [0.5, 0.6) is 0 Å². The molecule has 0 heterocycles. The molecule has 0 spiro atoms. The summed E-state index contributed by atoms with van der Waals surface area (Å²) in [5.41, 5.74) is 0. The minimum atomic E-state index is -0.885. The molecule has 2 unspecified atom stereocenters. The largest absolute Gasteiger partial charge is 0.381 e. The summed E-state index contributed by atoms with van der Waals surface area (Å²) in [6, 6.07) is 0. The lowest BCUT2D eigenvalue weighted by Crippen LogP contribution is -1.98. The Morgan fingerprint density at radius 1 is 1.38 bits per heavy atom. The fourth-order valence-corrected chi connectivity index (χ4v) is 0.217. The Bertz CT molecular complexity index is 93.4. The van der Waals surface area contributed by atoms with Crippen LogP contribution in [-0.2, 0) is 0 Å². The first-order valence-corrected chi connectivity index (χ1v) is 2.33. The topological polar surface area (TPSA) is 40.5 Å². The second-order valence-corrected chi connectivity index (χ2v) is 1.48. The average Bonchev–Trinajstić information content (AvgIpc) is 1.61. The molecule has 0 saturated heterocycles. The highest BCUT2D eigenvalue weighted by molar-refractivity contribution is 5.08. The van der Waals surface area contributed by atoms with E-state index in [1.54, 1.807) is 0 Å². The molecule has 0 aromatic carbocycles. The number of rotatable bonds is 0. The standard InChI is InChI=1S/C6H9O2/c1-5(7)3-4-6(2)8/h5-8H,1H2,2H3. The van der Waals surface area contributed by atoms with Crippen molar-refractivity contribution in [1.29, 1.82) is 0 Å². The van der Waals surface area contributed by atoms with Gasteiger partial charge in [0.25, 0.3) is 0 Å². The maximum absolute atomic E-state index is 8.49. The number of hydrogen-bond acceptors (Lipinski definition) is 2. The molecule has 0 aromatic rings. The fourth-order valence-electron chi connectivity index (χ4n) is 0.217. The van der Waals surface area contributed by atoms with Gasteiger partial charge in [-0.05, 0) is 13.8 Å². The highest BCUT2D eigenvalue weighted by Gasteiger charge is 1.85. The summed E-state index contributed by atoms with van der Waals surface area (Å²) < 4.78 is 0. The molecule has 0 aromatic heterocycles. The summed E-state index contributed by atoms with van der Waals surface area (Å²) in [7, 11) is 0. The van der Waals surface area contributed by atoms with Gasteiger partial charge in [-0.15, -0.1) is 0 Å². The molecule has 0 rings (SSSR count). The van der Waals surface area contributed by atoms with E-state index in [1.807, 2.05) is 0 Å². The van der Waals surface area contributed by atoms with Gasteiger partial charge in [0.15, 0.2) is 0 Å². The van der Waals surface area contributed by atoms with Crippen LogP contribution in [-0.4, -0.2) is 22.4 Å². The molecule has 2 N–H and O–H groups in total. The Morgan fingerprint density at radius 2 is 1.88 bits per heavy atom. The second-order valence-electron chi connectivity index (χ2n) is 1.48. The molecule has 0 aliphatic carbocycles. The Labute approximate surface area is 49.2 Å². The molecule has 0 aliphatic heterocycles. The van der Waals surface area contributed by atoms with Crippen molar-refractivity contribution in [3.63, 3.8) is 0 Å². The molecular weight excluding hydrogens is 104 g/mol. The first-order chi connectivity index (χ1) is 3.63. The Kier molecular flexibility index (Phi) is 3.25. The van der Waals surface area contributed by atoms with Crippen molar-refractivity contribution in [3.8, 4) is 11.8 Å². The summed E-state index contributed by atoms with van der Waals surface area (Å²) in [5.74, 6) is 4.63. The highest BCUT2D eigenvalue weighted by atomic mass is 16.3. The summed E-state index contributed by atoms with van der Waals surface area (Å²) in [6.07, 6.45) is -1.56. The third-order valence-electron chi connectivity index (χ3n) is 0.459. The van der Waals surface area contributed by atoms with Crippen molar-refractivity contribution in [2.75, 3.05) is 0 Å². The summed E-state index contributed by atoms with van der Waals surface area (Å²) in [4.78, 5) is 0. The quantitative estimate of drug-likeness (QED) is 0.418. The molecule has 2 nitrogen and oxygen atoms in total. The fraction of sp³-hybridized carbons (Fsp3) is 0.500. The molecule has 8 heavy (non-hydrogen) atoms. The molecular formula is C6H9O2. The average molecular weight is 113 g/mol. The van der Waals surface area contributed by atoms with E-state index in [0.29, 0.717) is 0 Å². The minimum Gasteiger partial charge on any atom is -0.381 e. The second kappa shape index (κ2) is 3.48. The summed E-state index contributed by atoms with van der Waals surface area (Å²) >= 11 is 0. The van der Waals surface area contributed by atoms with Crippen molar-refractivity contribution in [3.05, 3.63) is 6.92 Å². The first-order valence-electron chi connectivity index (χ1n) is 2.33. The van der Waals surface area contributed by atoms with Gasteiger partial charge in [-0.2, -0.15) is 0 Å². The van der Waals surface area contributed by atoms with Crippen molar-refractivity contribution in [1.82, 2.24) is 0 Å². The van der Waals surface area contributed by atoms with Crippen LogP contribution >= 0.6 is 0 Å². The van der Waals surface area contributed by atoms with E-state index in [0.717, 1.165) is 0 Å². The van der Waals surface area contributed by atoms with Gasteiger partial charge in [0.05, 0.1) is 0 Å². The summed E-state index contributed by atoms with van der Waals surface area (Å²) in [5, 5.41) is 16.9. The molecule has 1 radical (unpaired) electrons. The molecule has 0 amide bonds. The van der Waals surface area contributed by atoms with E-state index in [9.17, 15) is 0 Å². The van der Waals surface area contributed by atoms with E-state index in [1.165, 1.54) is 6.92 Å². The minimum absolute atomic E-state index is 0.675. The number of aliphatic hydroxyl groups excluding tert-OH is 2. The van der Waals surface area contributed by atoms with Crippen LogP contribution in [0.25, 0.3) is 0 Å². The van der Waals surface area contributed by atoms with Crippen molar-refractivity contribution < 1.29 is 10.2 Å². The van der Waals surface area contributed by atoms with Gasteiger partial charge in [0.2, 0.25) is 0 Å². The highest BCUT2D eigenvalue weighted by Crippen LogP contribution is 1.75. The molecule has 0 bridgehead atoms. The Balaban J connectivity index is 3.50. The van der Waals surface area contributed by atoms with E-state index < -0.39 is 12.2 Å². The summed E-state index contributed by atoms with van der Waals surface area (Å²) in [6.45, 7) is 4.70. The molecule has 0 aliphatic rings. The molecule has 2 atom stereocenters. The van der Waals surface area contributed by atoms with E-state index in [2.05, 4.69) is 18.8 Å². The van der Waals surface area contributed by atoms with Gasteiger partial charge >= 0.3 is 0 Å². The zero-order valence-corrected chi connectivity index (χ0v) is 4.76. The zero-order valence-electron chi connectivity index (χ0n) is 4.76. The Morgan fingerprint density at radius 3 is 2.00 bits per heavy atom. The predicted octanol–water partition coefficient (Wildman–Crippen LogP) is -0.434. The van der Waals surface area contributed by atoms with Crippen molar-refractivity contribution in [2.45, 2.75) is 19.1 Å². The van der Waals surface area contributed by atoms with E-state index in [-0.39, 0.29) is 0 Å². The van der Waals surface area contributed by atoms with Gasteiger partial charge < -0.3 is 10.2 Å². The molecule has 2 heteroatoms. The first kappa shape index (κ1) is 7.48. The maximum atomic E-state index is 8.49. The zero-order chi connectivity index (χ0) is 6.57. The van der Waals surface area contributed by atoms with Gasteiger partial charge in [0.1, 0.15) is 12.2 Å². The third kappa shape index (κ3) is 5.48. The smallest absolute Gasteiger partial charge is 0.115 e. The van der Waals surface area contributed by atoms with Crippen LogP contribution in [0.15, 0.2) is 0 Å². The van der Waals surface area contributed by atoms with Gasteiger partial charge in [-0.25, -0.2) is 0 Å². The van der Waals surface area contributed by atoms with Crippen LogP contribution in [0.1, 0.15) is 6.92 Å². The molecule has 0 saturated carbocycles. The normalized spacial score (nSPS) is 16.0. The maximum Gasteiger partial charge on any atom is 0.115 e. The van der Waals surface area contributed by atoms with Crippen molar-refractivity contribution >= 4 is 0 Å². The van der Waals surface area contributed by atoms with Crippen molar-refractivity contribution in [2.24, 2.45) is 0 Å². The lowest BCUT2D eigenvalue weighted by atomic mass is 10.3. The number of aliphatic hydroxyl groups is 2. The van der Waals surface area contributed by atoms with Gasteiger partial charge in [-0.1, -0.05) is 11.8 Å². The molecule has 45 valence electrons. The lowest BCUT2D eigenvalue weighted by Gasteiger charge is -1.89. The predicted molar refractivity (Wildman–Crippen MR) is 30.8 cm³/mol. The van der Waals surface area contributed by atoms with Crippen LogP contribution in [0.2, 0.25) is 0 Å². The van der Waals surface area contributed by atoms with E-state index >= 15 is 0 Å². The monoisotopic (exact) mass is 113 g/mol. The number of hydrogen-bond donors (Lipinski definition) is 2. The van der Waals surface area contributed by atoms with Crippen LogP contribution in [0.4, 0.5) is 0 Å². The van der Waals surface area contributed by atoms with Crippen LogP contribution in [0.3, 0.4) is 0 Å². The molecule has 0 fully saturated rings. The third-order valence-corrected chi connectivity index (χ3v) is 0.459. The van der Waals surface area contributed by atoms with Gasteiger partial charge in [-0.3, -0.25) is 0 Å². The lowest BCUT2D eigenvalue weighted by molar-refractivity contribution is 0.250.